The van der Waals surface area contributed by atoms with Crippen molar-refractivity contribution in [1.29, 1.82) is 0 Å². The van der Waals surface area contributed by atoms with Crippen molar-refractivity contribution in [2.45, 2.75) is 32.6 Å². The summed E-state index contributed by atoms with van der Waals surface area (Å²) in [5.74, 6) is 1.36. The summed E-state index contributed by atoms with van der Waals surface area (Å²) in [6.45, 7) is 3.99. The van der Waals surface area contributed by atoms with Gasteiger partial charge in [-0.05, 0) is 65.2 Å². The number of rotatable bonds is 10. The largest absolute Gasteiger partial charge is 0.463 e. The lowest BCUT2D eigenvalue weighted by Gasteiger charge is -2.27. The van der Waals surface area contributed by atoms with E-state index in [0.29, 0.717) is 42.7 Å². The molecular formula is C27H28ClN6O3+. The van der Waals surface area contributed by atoms with Crippen molar-refractivity contribution in [2.24, 2.45) is 0 Å². The third kappa shape index (κ3) is 5.64. The number of nitrogens with one attached hydrogen (secondary N) is 2. The molecule has 2 unspecified atom stereocenters. The molecular weight excluding hydrogens is 492 g/mol. The number of hydrogen-bond donors (Lipinski definition) is 2. The fraction of sp³-hybridized carbons (Fsp3) is 0.259. The molecule has 0 spiro atoms. The zero-order valence-corrected chi connectivity index (χ0v) is 21.4. The maximum Gasteiger partial charge on any atom is 0.258 e. The minimum Gasteiger partial charge on any atom is -0.463 e. The van der Waals surface area contributed by atoms with Crippen LogP contribution in [0.15, 0.2) is 76.1 Å². The Kier molecular flexibility index (Phi) is 7.45. The molecule has 0 radical (unpaired) electrons. The minimum absolute atomic E-state index is 0.185. The average Bonchev–Trinajstić information content (AvgIpc) is 3.57. The number of tetrazole rings is 1. The number of benzene rings is 2. The molecule has 0 bridgehead atoms. The van der Waals surface area contributed by atoms with Crippen LogP contribution in [0, 0.1) is 6.92 Å². The van der Waals surface area contributed by atoms with Crippen LogP contribution in [0.1, 0.15) is 34.3 Å². The zero-order valence-electron chi connectivity index (χ0n) is 20.6. The second-order valence-electron chi connectivity index (χ2n) is 9.05. The summed E-state index contributed by atoms with van der Waals surface area (Å²) in [6, 6.07) is 18.9. The molecule has 37 heavy (non-hydrogen) atoms. The average molecular weight is 520 g/mol. The fourth-order valence-corrected chi connectivity index (χ4v) is 4.75. The molecule has 3 heterocycles. The Hall–Kier alpha value is -3.79. The number of ether oxygens (including phenoxy) is 1. The first-order valence-corrected chi connectivity index (χ1v) is 12.4. The number of aromatic amines is 1. The number of pyridine rings is 1. The summed E-state index contributed by atoms with van der Waals surface area (Å²) >= 11 is 6.15. The van der Waals surface area contributed by atoms with Crippen LogP contribution in [0.3, 0.4) is 0 Å². The second-order valence-corrected chi connectivity index (χ2v) is 9.48. The van der Waals surface area contributed by atoms with Crippen LogP contribution in [0.2, 0.25) is 5.02 Å². The van der Waals surface area contributed by atoms with Crippen LogP contribution in [-0.2, 0) is 24.4 Å². The van der Waals surface area contributed by atoms with Gasteiger partial charge in [0, 0.05) is 23.2 Å². The van der Waals surface area contributed by atoms with Gasteiger partial charge in [0.05, 0.1) is 25.0 Å². The van der Waals surface area contributed by atoms with Gasteiger partial charge in [-0.2, -0.15) is 0 Å². The lowest BCUT2D eigenvalue weighted by Crippen LogP contribution is -3.10. The van der Waals surface area contributed by atoms with E-state index in [1.807, 2.05) is 61.5 Å². The van der Waals surface area contributed by atoms with Gasteiger partial charge in [0.25, 0.3) is 5.56 Å². The molecule has 5 rings (SSSR count). The van der Waals surface area contributed by atoms with Crippen molar-refractivity contribution in [2.75, 3.05) is 13.7 Å². The van der Waals surface area contributed by atoms with E-state index in [4.69, 9.17) is 20.8 Å². The molecule has 0 aliphatic heterocycles. The lowest BCUT2D eigenvalue weighted by molar-refractivity contribution is -0.954. The Morgan fingerprint density at radius 2 is 1.97 bits per heavy atom. The van der Waals surface area contributed by atoms with E-state index >= 15 is 0 Å². The van der Waals surface area contributed by atoms with Gasteiger partial charge in [-0.1, -0.05) is 35.4 Å². The summed E-state index contributed by atoms with van der Waals surface area (Å²) in [6.07, 6.45) is 1.65. The van der Waals surface area contributed by atoms with Crippen LogP contribution in [-0.4, -0.2) is 38.9 Å². The molecule has 0 amide bonds. The highest BCUT2D eigenvalue weighted by atomic mass is 35.5. The Morgan fingerprint density at radius 3 is 2.73 bits per heavy atom. The van der Waals surface area contributed by atoms with Crippen molar-refractivity contribution in [1.82, 2.24) is 25.2 Å². The Bertz CT molecular complexity index is 1530. The summed E-state index contributed by atoms with van der Waals surface area (Å²) in [5.41, 5.74) is 3.33. The van der Waals surface area contributed by atoms with Gasteiger partial charge in [0.1, 0.15) is 13.1 Å². The van der Waals surface area contributed by atoms with E-state index in [2.05, 4.69) is 26.6 Å². The number of hydrogen-bond acceptors (Lipinski definition) is 6. The molecule has 5 aromatic rings. The number of methoxy groups -OCH3 is 1. The molecule has 0 saturated heterocycles. The molecule has 9 nitrogen and oxygen atoms in total. The predicted octanol–water partition coefficient (Wildman–Crippen LogP) is 3.09. The second kappa shape index (κ2) is 11.1. The van der Waals surface area contributed by atoms with E-state index in [9.17, 15) is 4.79 Å². The number of H-pyrrole nitrogens is 1. The van der Waals surface area contributed by atoms with Gasteiger partial charge < -0.3 is 19.0 Å². The summed E-state index contributed by atoms with van der Waals surface area (Å²) in [5, 5.41) is 14.2. The molecule has 190 valence electrons. The third-order valence-electron chi connectivity index (χ3n) is 6.40. The normalized spacial score (nSPS) is 13.2. The van der Waals surface area contributed by atoms with Crippen LogP contribution in [0.25, 0.3) is 10.9 Å². The molecule has 2 N–H and O–H groups in total. The van der Waals surface area contributed by atoms with Crippen molar-refractivity contribution in [3.8, 4) is 0 Å². The number of quaternary nitrogens is 1. The van der Waals surface area contributed by atoms with Crippen LogP contribution in [0.4, 0.5) is 0 Å². The van der Waals surface area contributed by atoms with Gasteiger partial charge in [-0.15, -0.1) is 5.10 Å². The maximum absolute atomic E-state index is 13.6. The van der Waals surface area contributed by atoms with Crippen LogP contribution >= 0.6 is 11.6 Å². The first-order chi connectivity index (χ1) is 18.0. The van der Waals surface area contributed by atoms with Gasteiger partial charge in [0.15, 0.2) is 11.8 Å². The van der Waals surface area contributed by atoms with Crippen molar-refractivity contribution >= 4 is 22.5 Å². The smallest absolute Gasteiger partial charge is 0.258 e. The molecule has 3 aromatic heterocycles. The minimum atomic E-state index is -0.499. The highest BCUT2D eigenvalue weighted by molar-refractivity contribution is 6.30. The molecule has 2 atom stereocenters. The standard InChI is InChI=1S/C27H27ClN6O3/c1-18-5-10-24-20(14-18)15-23(27(35)29-24)25(26-30-31-32-34(26)11-13-36-2)33(17-22-4-3-12-37-22)16-19-6-8-21(28)9-7-19/h3-10,12,14-15,25H,11,13,16-17H2,1-2H3,(H,29,35)/p+1. The predicted molar refractivity (Wildman–Crippen MR) is 139 cm³/mol. The number of aromatic nitrogens is 5. The molecule has 2 aromatic carbocycles. The quantitative estimate of drug-likeness (QED) is 0.294. The van der Waals surface area contributed by atoms with Gasteiger partial charge in [-0.3, -0.25) is 4.79 Å². The number of aryl methyl sites for hydroxylation is 1. The van der Waals surface area contributed by atoms with Gasteiger partial charge in [-0.25, -0.2) is 4.68 Å². The highest BCUT2D eigenvalue weighted by Gasteiger charge is 2.35. The Morgan fingerprint density at radius 1 is 1.14 bits per heavy atom. The Balaban J connectivity index is 1.68. The molecule has 10 heteroatoms. The van der Waals surface area contributed by atoms with Crippen molar-refractivity contribution in [3.05, 3.63) is 111 Å². The van der Waals surface area contributed by atoms with Crippen molar-refractivity contribution < 1.29 is 14.1 Å². The fourth-order valence-electron chi connectivity index (χ4n) is 4.62. The Labute approximate surface area is 218 Å². The van der Waals surface area contributed by atoms with Crippen LogP contribution < -0.4 is 10.5 Å². The van der Waals surface area contributed by atoms with Crippen molar-refractivity contribution in [3.63, 3.8) is 0 Å². The van der Waals surface area contributed by atoms with Gasteiger partial charge in [0.2, 0.25) is 5.82 Å². The van der Waals surface area contributed by atoms with E-state index < -0.39 is 6.04 Å². The van der Waals surface area contributed by atoms with E-state index in [1.165, 1.54) is 0 Å². The third-order valence-corrected chi connectivity index (χ3v) is 6.65. The SMILES string of the molecule is COCCn1nnnc1C(c1cc2cc(C)ccc2[nH]c1=O)[NH+](Cc1ccc(Cl)cc1)Cc1ccco1. The maximum atomic E-state index is 13.6. The highest BCUT2D eigenvalue weighted by Crippen LogP contribution is 2.21. The first-order valence-electron chi connectivity index (χ1n) is 12.0. The lowest BCUT2D eigenvalue weighted by atomic mass is 10.0. The number of fused-ring (bicyclic) bond motifs is 1. The summed E-state index contributed by atoms with van der Waals surface area (Å²) in [7, 11) is 1.63. The van der Waals surface area contributed by atoms with Crippen LogP contribution in [0.5, 0.6) is 0 Å². The zero-order chi connectivity index (χ0) is 25.8. The molecule has 0 fully saturated rings. The molecule has 0 saturated carbocycles. The number of nitrogens with zero attached hydrogens (tertiary/aromatic N) is 4. The van der Waals surface area contributed by atoms with E-state index in [-0.39, 0.29) is 5.56 Å². The van der Waals surface area contributed by atoms with E-state index in [1.54, 1.807) is 18.1 Å². The summed E-state index contributed by atoms with van der Waals surface area (Å²) < 4.78 is 12.7. The topological polar surface area (TPSA) is 103 Å². The molecule has 0 aliphatic carbocycles. The number of halogens is 1. The first kappa shape index (κ1) is 24.9. The van der Waals surface area contributed by atoms with E-state index in [0.717, 1.165) is 32.7 Å². The summed E-state index contributed by atoms with van der Waals surface area (Å²) in [4.78, 5) is 17.7. The number of furan rings is 1. The monoisotopic (exact) mass is 519 g/mol. The molecule has 0 aliphatic rings. The van der Waals surface area contributed by atoms with Gasteiger partial charge >= 0.3 is 0 Å².